The first-order valence-electron chi connectivity index (χ1n) is 7.61. The fraction of sp³-hybridized carbons (Fsp3) is 0.412. The molecule has 1 aromatic carbocycles. The van der Waals surface area contributed by atoms with Crippen LogP contribution in [0.5, 0.6) is 11.5 Å². The van der Waals surface area contributed by atoms with Gasteiger partial charge in [0, 0.05) is 5.56 Å². The normalized spacial score (nSPS) is 19.5. The largest absolute Gasteiger partial charge is 0.497 e. The summed E-state index contributed by atoms with van der Waals surface area (Å²) in [5.41, 5.74) is 0.599. The monoisotopic (exact) mass is 333 g/mol. The molecule has 122 valence electrons. The lowest BCUT2D eigenvalue weighted by Gasteiger charge is -2.23. The molecule has 5 nitrogen and oxygen atoms in total. The van der Waals surface area contributed by atoms with Crippen LogP contribution in [0.25, 0.3) is 0 Å². The highest BCUT2D eigenvalue weighted by molar-refractivity contribution is 7.99. The van der Waals surface area contributed by atoms with Gasteiger partial charge in [0.25, 0.3) is 5.72 Å². The zero-order valence-corrected chi connectivity index (χ0v) is 14.4. The molecule has 2 heterocycles. The molecular weight excluding hydrogens is 312 g/mol. The van der Waals surface area contributed by atoms with E-state index in [1.54, 1.807) is 14.2 Å². The molecule has 0 fully saturated rings. The van der Waals surface area contributed by atoms with E-state index < -0.39 is 5.72 Å². The van der Waals surface area contributed by atoms with Gasteiger partial charge < -0.3 is 14.6 Å². The van der Waals surface area contributed by atoms with E-state index in [4.69, 9.17) is 9.47 Å². The van der Waals surface area contributed by atoms with Crippen LogP contribution in [0, 0.1) is 0 Å². The number of methoxy groups -OCH3 is 2. The van der Waals surface area contributed by atoms with Gasteiger partial charge in [-0.3, -0.25) is 0 Å². The lowest BCUT2D eigenvalue weighted by Crippen LogP contribution is -2.56. The van der Waals surface area contributed by atoms with Crippen molar-refractivity contribution in [3.8, 4) is 11.5 Å². The molecule has 0 amide bonds. The van der Waals surface area contributed by atoms with E-state index in [0.717, 1.165) is 23.6 Å². The van der Waals surface area contributed by atoms with Crippen molar-refractivity contribution in [2.24, 2.45) is 0 Å². The van der Waals surface area contributed by atoms with Crippen LogP contribution in [0.2, 0.25) is 0 Å². The van der Waals surface area contributed by atoms with Crippen molar-refractivity contribution in [3.63, 3.8) is 0 Å². The number of thioether (sulfide) groups is 1. The fourth-order valence-corrected chi connectivity index (χ4v) is 3.91. The fourth-order valence-electron chi connectivity index (χ4n) is 2.81. The minimum atomic E-state index is -1.20. The highest BCUT2D eigenvalue weighted by Gasteiger charge is 2.48. The summed E-state index contributed by atoms with van der Waals surface area (Å²) in [5, 5.41) is 12.2. The van der Waals surface area contributed by atoms with E-state index in [9.17, 15) is 5.11 Å². The maximum atomic E-state index is 11.4. The van der Waals surface area contributed by atoms with E-state index >= 15 is 0 Å². The molecule has 0 spiro atoms. The van der Waals surface area contributed by atoms with Crippen LogP contribution in [0.3, 0.4) is 0 Å². The maximum Gasteiger partial charge on any atom is 0.362 e. The van der Waals surface area contributed by atoms with Crippen LogP contribution in [0.4, 0.5) is 0 Å². The molecule has 2 aromatic rings. The molecule has 1 atom stereocenters. The third kappa shape index (κ3) is 2.77. The number of nitrogens with zero attached hydrogens (tertiary/aromatic N) is 2. The van der Waals surface area contributed by atoms with Crippen molar-refractivity contribution >= 4 is 11.8 Å². The number of benzene rings is 1. The minimum absolute atomic E-state index is 0.485. The third-order valence-electron chi connectivity index (χ3n) is 4.02. The third-order valence-corrected chi connectivity index (χ3v) is 5.13. The van der Waals surface area contributed by atoms with Crippen LogP contribution < -0.4 is 14.0 Å². The van der Waals surface area contributed by atoms with Gasteiger partial charge in [0.2, 0.25) is 0 Å². The molecule has 23 heavy (non-hydrogen) atoms. The number of fused-ring (bicyclic) bond motifs is 1. The van der Waals surface area contributed by atoms with Gasteiger partial charge in [0.05, 0.1) is 25.5 Å². The molecule has 0 aliphatic carbocycles. The van der Waals surface area contributed by atoms with E-state index in [2.05, 4.69) is 11.9 Å². The van der Waals surface area contributed by atoms with E-state index in [0.29, 0.717) is 22.8 Å². The summed E-state index contributed by atoms with van der Waals surface area (Å²) in [4.78, 5) is 4.49. The van der Waals surface area contributed by atoms with E-state index in [1.807, 2.05) is 35.2 Å². The van der Waals surface area contributed by atoms with Crippen molar-refractivity contribution in [3.05, 3.63) is 41.7 Å². The topological polar surface area (TPSA) is 55.5 Å². The lowest BCUT2D eigenvalue weighted by molar-refractivity contribution is -0.817. The minimum Gasteiger partial charge on any atom is -0.497 e. The molecule has 0 bridgehead atoms. The highest BCUT2D eigenvalue weighted by atomic mass is 32.2. The maximum absolute atomic E-state index is 11.4. The molecule has 1 aliphatic rings. The molecule has 0 saturated heterocycles. The van der Waals surface area contributed by atoms with Crippen molar-refractivity contribution in [1.29, 1.82) is 0 Å². The average molecular weight is 333 g/mol. The van der Waals surface area contributed by atoms with Crippen molar-refractivity contribution < 1.29 is 19.1 Å². The van der Waals surface area contributed by atoms with Gasteiger partial charge in [0.15, 0.2) is 0 Å². The SMILES string of the molecule is CCCc1cnc2[n+](c1)[C@@](O)(c1cc(OC)ccc1OC)CS2. The van der Waals surface area contributed by atoms with Gasteiger partial charge in [-0.15, -0.1) is 0 Å². The summed E-state index contributed by atoms with van der Waals surface area (Å²) in [6.45, 7) is 2.13. The molecule has 1 N–H and O–H groups in total. The summed E-state index contributed by atoms with van der Waals surface area (Å²) in [6, 6.07) is 5.47. The number of rotatable bonds is 5. The number of ether oxygens (including phenoxy) is 2. The van der Waals surface area contributed by atoms with Crippen LogP contribution in [-0.2, 0) is 12.1 Å². The van der Waals surface area contributed by atoms with Crippen molar-refractivity contribution in [2.75, 3.05) is 20.0 Å². The second-order valence-electron chi connectivity index (χ2n) is 5.54. The molecule has 6 heteroatoms. The number of aryl methyl sites for hydroxylation is 1. The Kier molecular flexibility index (Phi) is 4.46. The number of hydrogen-bond acceptors (Lipinski definition) is 5. The lowest BCUT2D eigenvalue weighted by atomic mass is 10.0. The smallest absolute Gasteiger partial charge is 0.362 e. The van der Waals surface area contributed by atoms with Crippen molar-refractivity contribution in [2.45, 2.75) is 30.6 Å². The molecule has 1 aliphatic heterocycles. The van der Waals surface area contributed by atoms with E-state index in [1.165, 1.54) is 11.8 Å². The second kappa shape index (κ2) is 6.37. The molecule has 3 rings (SSSR count). The Balaban J connectivity index is 2.13. The molecule has 0 radical (unpaired) electrons. The zero-order chi connectivity index (χ0) is 16.4. The molecular formula is C17H21N2O3S+. The molecule has 1 aromatic heterocycles. The Morgan fingerprint density at radius 2 is 2.17 bits per heavy atom. The highest BCUT2D eigenvalue weighted by Crippen LogP contribution is 2.38. The Bertz CT molecular complexity index is 723. The van der Waals surface area contributed by atoms with Gasteiger partial charge in [-0.1, -0.05) is 13.3 Å². The van der Waals surface area contributed by atoms with Gasteiger partial charge in [0.1, 0.15) is 23.9 Å². The van der Waals surface area contributed by atoms with Crippen LogP contribution >= 0.6 is 11.8 Å². The predicted molar refractivity (Wildman–Crippen MR) is 88.0 cm³/mol. The summed E-state index contributed by atoms with van der Waals surface area (Å²) in [5.74, 6) is 1.81. The quantitative estimate of drug-likeness (QED) is 0.671. The standard InChI is InChI=1S/C17H21N2O3S/c1-4-5-12-9-18-16-19(10-12)17(20,11-23-16)14-8-13(21-2)6-7-15(14)22-3/h6-10,20H,4-5,11H2,1-3H3/q+1/t17-/m0/s1. The number of aliphatic hydroxyl groups is 1. The zero-order valence-electron chi connectivity index (χ0n) is 13.6. The Hall–Kier alpha value is -1.79. The Morgan fingerprint density at radius 1 is 1.35 bits per heavy atom. The first-order chi connectivity index (χ1) is 11.1. The predicted octanol–water partition coefficient (Wildman–Crippen LogP) is 2.14. The Morgan fingerprint density at radius 3 is 2.87 bits per heavy atom. The van der Waals surface area contributed by atoms with E-state index in [-0.39, 0.29) is 0 Å². The van der Waals surface area contributed by atoms with Gasteiger partial charge >= 0.3 is 5.16 Å². The summed E-state index contributed by atoms with van der Waals surface area (Å²) in [7, 11) is 3.22. The van der Waals surface area contributed by atoms with Gasteiger partial charge in [-0.05, 0) is 41.4 Å². The van der Waals surface area contributed by atoms with Gasteiger partial charge in [-0.2, -0.15) is 4.57 Å². The van der Waals surface area contributed by atoms with Crippen molar-refractivity contribution in [1.82, 2.24) is 4.98 Å². The van der Waals surface area contributed by atoms with Crippen LogP contribution in [0.1, 0.15) is 24.5 Å². The van der Waals surface area contributed by atoms with Gasteiger partial charge in [-0.25, -0.2) is 0 Å². The Labute approximate surface area is 140 Å². The summed E-state index contributed by atoms with van der Waals surface area (Å²) < 4.78 is 12.6. The first-order valence-corrected chi connectivity index (χ1v) is 8.59. The molecule has 0 saturated carbocycles. The summed E-state index contributed by atoms with van der Waals surface area (Å²) in [6.07, 6.45) is 5.85. The second-order valence-corrected chi connectivity index (χ2v) is 6.48. The first kappa shape index (κ1) is 16.1. The number of hydrogen-bond donors (Lipinski definition) is 1. The summed E-state index contributed by atoms with van der Waals surface area (Å²) >= 11 is 1.53. The molecule has 0 unspecified atom stereocenters. The average Bonchev–Trinajstić information content (AvgIpc) is 2.92. The van der Waals surface area contributed by atoms with Crippen LogP contribution in [0.15, 0.2) is 35.7 Å². The van der Waals surface area contributed by atoms with Crippen LogP contribution in [-0.4, -0.2) is 30.1 Å². The number of aromatic nitrogens is 2.